The van der Waals surface area contributed by atoms with Gasteiger partial charge in [0.15, 0.2) is 0 Å². The number of fused-ring (bicyclic) bond motifs is 1. The molecule has 0 aromatic heterocycles. The van der Waals surface area contributed by atoms with Crippen molar-refractivity contribution in [1.29, 1.82) is 0 Å². The van der Waals surface area contributed by atoms with Crippen LogP contribution in [0.5, 0.6) is 0 Å². The summed E-state index contributed by atoms with van der Waals surface area (Å²) in [6.45, 7) is 6.86. The molecule has 1 unspecified atom stereocenters. The number of alkyl halides is 3. The molecule has 1 N–H and O–H groups in total. The molecule has 0 radical (unpaired) electrons. The van der Waals surface area contributed by atoms with Crippen molar-refractivity contribution in [3.63, 3.8) is 0 Å². The summed E-state index contributed by atoms with van der Waals surface area (Å²) in [4.78, 5) is 0. The zero-order valence-electron chi connectivity index (χ0n) is 11.6. The fraction of sp³-hybridized carbons (Fsp3) is 0.600. The van der Waals surface area contributed by atoms with Crippen molar-refractivity contribution in [2.24, 2.45) is 5.92 Å². The van der Waals surface area contributed by atoms with Crippen LogP contribution in [0.15, 0.2) is 18.2 Å². The van der Waals surface area contributed by atoms with E-state index in [4.69, 9.17) is 0 Å². The van der Waals surface area contributed by atoms with Crippen molar-refractivity contribution in [2.45, 2.75) is 45.2 Å². The van der Waals surface area contributed by atoms with Gasteiger partial charge in [-0.05, 0) is 24.0 Å². The summed E-state index contributed by atoms with van der Waals surface area (Å²) in [5, 5.41) is 3.01. The van der Waals surface area contributed by atoms with Crippen LogP contribution in [0, 0.1) is 5.92 Å². The molecule has 1 heterocycles. The number of nitrogens with one attached hydrogen (secondary N) is 1. The molecule has 19 heavy (non-hydrogen) atoms. The van der Waals surface area contributed by atoms with Crippen LogP contribution in [0.1, 0.15) is 44.7 Å². The molecular formula is C15H20F3N. The van der Waals surface area contributed by atoms with Gasteiger partial charge >= 0.3 is 6.18 Å². The molecule has 0 aliphatic carbocycles. The van der Waals surface area contributed by atoms with Gasteiger partial charge in [0.25, 0.3) is 0 Å². The molecule has 4 heteroatoms. The molecule has 1 aromatic carbocycles. The van der Waals surface area contributed by atoms with Gasteiger partial charge < -0.3 is 5.32 Å². The van der Waals surface area contributed by atoms with Gasteiger partial charge in [0, 0.05) is 12.0 Å². The number of hydrogen-bond acceptors (Lipinski definition) is 1. The predicted octanol–water partition coefficient (Wildman–Crippen LogP) is 4.82. The maximum absolute atomic E-state index is 13.0. The van der Waals surface area contributed by atoms with Crippen LogP contribution in [0.2, 0.25) is 0 Å². The van der Waals surface area contributed by atoms with E-state index in [0.29, 0.717) is 12.5 Å². The molecular weight excluding hydrogens is 251 g/mol. The Bertz CT molecular complexity index is 465. The molecule has 0 spiro atoms. The second kappa shape index (κ2) is 4.73. The second-order valence-corrected chi connectivity index (χ2v) is 5.64. The normalized spacial score (nSPS) is 22.5. The van der Waals surface area contributed by atoms with Crippen molar-refractivity contribution in [3.8, 4) is 0 Å². The molecule has 0 saturated heterocycles. The van der Waals surface area contributed by atoms with Crippen LogP contribution in [-0.2, 0) is 11.6 Å². The van der Waals surface area contributed by atoms with Gasteiger partial charge in [0.2, 0.25) is 0 Å². The monoisotopic (exact) mass is 271 g/mol. The maximum atomic E-state index is 13.0. The predicted molar refractivity (Wildman–Crippen MR) is 71.4 cm³/mol. The summed E-state index contributed by atoms with van der Waals surface area (Å²) in [6.07, 6.45) is -2.42. The van der Waals surface area contributed by atoms with E-state index in [0.717, 1.165) is 24.5 Å². The largest absolute Gasteiger partial charge is 0.418 e. The van der Waals surface area contributed by atoms with Crippen molar-refractivity contribution in [1.82, 2.24) is 0 Å². The zero-order chi connectivity index (χ0) is 14.3. The van der Waals surface area contributed by atoms with Gasteiger partial charge in [0.05, 0.1) is 11.3 Å². The molecule has 106 valence electrons. The van der Waals surface area contributed by atoms with Crippen molar-refractivity contribution in [3.05, 3.63) is 29.3 Å². The first-order valence-corrected chi connectivity index (χ1v) is 6.77. The minimum atomic E-state index is -4.29. The minimum absolute atomic E-state index is 0.175. The number of rotatable bonds is 3. The summed E-state index contributed by atoms with van der Waals surface area (Å²) in [6, 6.07) is 4.54. The van der Waals surface area contributed by atoms with Gasteiger partial charge in [-0.15, -0.1) is 0 Å². The van der Waals surface area contributed by atoms with Crippen LogP contribution >= 0.6 is 0 Å². The summed E-state index contributed by atoms with van der Waals surface area (Å²) < 4.78 is 39.1. The lowest BCUT2D eigenvalue weighted by Gasteiger charge is -2.33. The van der Waals surface area contributed by atoms with Gasteiger partial charge in [0.1, 0.15) is 0 Å². The van der Waals surface area contributed by atoms with Crippen LogP contribution in [0.3, 0.4) is 0 Å². The summed E-state index contributed by atoms with van der Waals surface area (Å²) >= 11 is 0. The highest BCUT2D eigenvalue weighted by Crippen LogP contribution is 2.49. The van der Waals surface area contributed by atoms with Gasteiger partial charge in [-0.25, -0.2) is 0 Å². The van der Waals surface area contributed by atoms with E-state index in [1.807, 2.05) is 6.07 Å². The van der Waals surface area contributed by atoms with Gasteiger partial charge in [-0.1, -0.05) is 39.3 Å². The quantitative estimate of drug-likeness (QED) is 0.830. The van der Waals surface area contributed by atoms with E-state index < -0.39 is 11.7 Å². The van der Waals surface area contributed by atoms with E-state index in [1.54, 1.807) is 0 Å². The average Bonchev–Trinajstić information content (AvgIpc) is 2.69. The van der Waals surface area contributed by atoms with Crippen molar-refractivity contribution in [2.75, 3.05) is 11.9 Å². The average molecular weight is 271 g/mol. The van der Waals surface area contributed by atoms with Gasteiger partial charge in [-0.2, -0.15) is 13.2 Å². The molecule has 1 aliphatic heterocycles. The number of hydrogen-bond donors (Lipinski definition) is 1. The standard InChI is InChI=1S/C15H20F3N/c1-4-8-14(10(2)3)9-19-13-11(14)6-5-7-12(13)15(16,17)18/h5-7,10,19H,4,8-9H2,1-3H3. The van der Waals surface area contributed by atoms with Crippen molar-refractivity contribution < 1.29 is 13.2 Å². The minimum Gasteiger partial charge on any atom is -0.383 e. The van der Waals surface area contributed by atoms with Crippen LogP contribution < -0.4 is 5.32 Å². The van der Waals surface area contributed by atoms with Crippen molar-refractivity contribution >= 4 is 5.69 Å². The Kier molecular flexibility index (Phi) is 3.54. The fourth-order valence-corrected chi connectivity index (χ4v) is 3.21. The highest BCUT2D eigenvalue weighted by atomic mass is 19.4. The first kappa shape index (κ1) is 14.2. The number of anilines is 1. The molecule has 1 aliphatic rings. The van der Waals surface area contributed by atoms with E-state index in [-0.39, 0.29) is 11.1 Å². The second-order valence-electron chi connectivity index (χ2n) is 5.64. The van der Waals surface area contributed by atoms with Crippen LogP contribution in [-0.4, -0.2) is 6.54 Å². The SMILES string of the molecule is CCCC1(C(C)C)CNc2c(C(F)(F)F)cccc21. The number of halogens is 3. The first-order valence-electron chi connectivity index (χ1n) is 6.77. The Labute approximate surface area is 112 Å². The molecule has 0 fully saturated rings. The van der Waals surface area contributed by atoms with Gasteiger partial charge in [-0.3, -0.25) is 0 Å². The molecule has 0 bridgehead atoms. The summed E-state index contributed by atoms with van der Waals surface area (Å²) in [5.74, 6) is 0.310. The van der Waals surface area contributed by atoms with E-state index >= 15 is 0 Å². The van der Waals surface area contributed by atoms with Crippen LogP contribution in [0.4, 0.5) is 18.9 Å². The Hall–Kier alpha value is -1.19. The lowest BCUT2D eigenvalue weighted by atomic mass is 9.70. The Morgan fingerprint density at radius 3 is 2.53 bits per heavy atom. The molecule has 2 rings (SSSR count). The van der Waals surface area contributed by atoms with E-state index in [9.17, 15) is 13.2 Å². The Morgan fingerprint density at radius 2 is 2.00 bits per heavy atom. The fourth-order valence-electron chi connectivity index (χ4n) is 3.21. The molecule has 0 saturated carbocycles. The van der Waals surface area contributed by atoms with E-state index in [1.165, 1.54) is 6.07 Å². The number of benzene rings is 1. The van der Waals surface area contributed by atoms with Crippen LogP contribution in [0.25, 0.3) is 0 Å². The molecule has 1 aromatic rings. The highest BCUT2D eigenvalue weighted by molar-refractivity contribution is 5.66. The smallest absolute Gasteiger partial charge is 0.383 e. The lowest BCUT2D eigenvalue weighted by molar-refractivity contribution is -0.136. The Balaban J connectivity index is 2.57. The third-order valence-electron chi connectivity index (χ3n) is 4.29. The number of para-hydroxylation sites is 1. The molecule has 0 amide bonds. The molecule has 1 atom stereocenters. The Morgan fingerprint density at radius 1 is 1.32 bits per heavy atom. The maximum Gasteiger partial charge on any atom is 0.418 e. The third-order valence-corrected chi connectivity index (χ3v) is 4.29. The summed E-state index contributed by atoms with van der Waals surface area (Å²) in [5.41, 5.74) is 0.408. The highest BCUT2D eigenvalue weighted by Gasteiger charge is 2.45. The summed E-state index contributed by atoms with van der Waals surface area (Å²) in [7, 11) is 0. The first-order chi connectivity index (χ1) is 8.83. The molecule has 1 nitrogen and oxygen atoms in total. The third kappa shape index (κ3) is 2.21. The topological polar surface area (TPSA) is 12.0 Å². The zero-order valence-corrected chi connectivity index (χ0v) is 11.6. The van der Waals surface area contributed by atoms with E-state index in [2.05, 4.69) is 26.1 Å². The lowest BCUT2D eigenvalue weighted by Crippen LogP contribution is -2.34.